The highest BCUT2D eigenvalue weighted by Gasteiger charge is 2.72. The molecule has 2 saturated heterocycles. The van der Waals surface area contributed by atoms with Gasteiger partial charge in [-0.1, -0.05) is 56.7 Å². The predicted octanol–water partition coefficient (Wildman–Crippen LogP) is 3.02. The molecule has 0 aromatic heterocycles. The molecule has 2 amide bonds. The summed E-state index contributed by atoms with van der Waals surface area (Å²) in [5.74, 6) is -2.24. The lowest BCUT2D eigenvalue weighted by Gasteiger charge is -2.40. The van der Waals surface area contributed by atoms with E-state index in [4.69, 9.17) is 4.74 Å². The molecule has 192 valence electrons. The lowest BCUT2D eigenvalue weighted by atomic mass is 9.78. The number of esters is 1. The first-order chi connectivity index (χ1) is 17.2. The van der Waals surface area contributed by atoms with Gasteiger partial charge < -0.3 is 19.6 Å². The van der Waals surface area contributed by atoms with Crippen LogP contribution in [0, 0.1) is 31.6 Å². The molecular formula is C28H34N2O5S. The van der Waals surface area contributed by atoms with E-state index in [1.165, 1.54) is 11.8 Å². The summed E-state index contributed by atoms with van der Waals surface area (Å²) in [6, 6.07) is 4.66. The van der Waals surface area contributed by atoms with E-state index in [1.807, 2.05) is 70.2 Å². The van der Waals surface area contributed by atoms with Crippen LogP contribution in [-0.2, 0) is 19.1 Å². The van der Waals surface area contributed by atoms with E-state index in [-0.39, 0.29) is 36.2 Å². The molecule has 0 saturated carbocycles. The number of ether oxygens (including phenoxy) is 1. The second-order valence-corrected chi connectivity index (χ2v) is 11.9. The second-order valence-electron chi connectivity index (χ2n) is 10.4. The first-order valence-electron chi connectivity index (χ1n) is 12.8. The Labute approximate surface area is 216 Å². The van der Waals surface area contributed by atoms with Crippen molar-refractivity contribution in [2.45, 2.75) is 56.2 Å². The number of aliphatic hydroxyl groups is 1. The van der Waals surface area contributed by atoms with Gasteiger partial charge in [0.25, 0.3) is 5.91 Å². The average molecular weight is 511 g/mol. The molecule has 1 unspecified atom stereocenters. The fraction of sp³-hybridized carbons (Fsp3) is 0.536. The third kappa shape index (κ3) is 3.64. The minimum absolute atomic E-state index is 0.0224. The molecule has 0 aliphatic carbocycles. The van der Waals surface area contributed by atoms with E-state index in [0.717, 1.165) is 23.2 Å². The molecule has 7 nitrogen and oxygen atoms in total. The topological polar surface area (TPSA) is 87.2 Å². The number of aliphatic hydroxyl groups excluding tert-OH is 1. The van der Waals surface area contributed by atoms with Crippen LogP contribution in [-0.4, -0.2) is 69.6 Å². The van der Waals surface area contributed by atoms with Crippen molar-refractivity contribution in [3.8, 4) is 0 Å². The van der Waals surface area contributed by atoms with Crippen molar-refractivity contribution in [1.29, 1.82) is 0 Å². The van der Waals surface area contributed by atoms with Gasteiger partial charge in [-0.25, -0.2) is 0 Å². The Bertz CT molecular complexity index is 1150. The van der Waals surface area contributed by atoms with E-state index >= 15 is 0 Å². The molecular weight excluding hydrogens is 476 g/mol. The molecule has 4 aliphatic rings. The number of rotatable bonds is 5. The third-order valence-electron chi connectivity index (χ3n) is 8.35. The van der Waals surface area contributed by atoms with Crippen LogP contribution in [0.1, 0.15) is 31.4 Å². The van der Waals surface area contributed by atoms with E-state index in [9.17, 15) is 19.5 Å². The summed E-state index contributed by atoms with van der Waals surface area (Å²) < 4.78 is 4.52. The zero-order valence-corrected chi connectivity index (χ0v) is 22.0. The number of benzene rings is 1. The molecule has 1 aromatic carbocycles. The maximum atomic E-state index is 14.5. The summed E-state index contributed by atoms with van der Waals surface area (Å²) in [6.45, 7) is 8.30. The van der Waals surface area contributed by atoms with Crippen LogP contribution in [0.15, 0.2) is 42.5 Å². The molecule has 5 rings (SSSR count). The van der Waals surface area contributed by atoms with E-state index in [2.05, 4.69) is 0 Å². The Morgan fingerprint density at radius 1 is 1.19 bits per heavy atom. The van der Waals surface area contributed by atoms with E-state index < -0.39 is 34.6 Å². The van der Waals surface area contributed by atoms with Crippen molar-refractivity contribution in [1.82, 2.24) is 4.90 Å². The van der Waals surface area contributed by atoms with Crippen LogP contribution in [0.25, 0.3) is 0 Å². The smallest absolute Gasteiger partial charge is 0.311 e. The number of likely N-dealkylation sites (tertiary alicyclic amines) is 1. The first kappa shape index (κ1) is 25.1. The number of carbonyl (C=O) groups is 3. The highest BCUT2D eigenvalue weighted by molar-refractivity contribution is 8.02. The maximum absolute atomic E-state index is 14.5. The minimum atomic E-state index is -0.919. The summed E-state index contributed by atoms with van der Waals surface area (Å²) in [4.78, 5) is 45.3. The van der Waals surface area contributed by atoms with Crippen LogP contribution in [0.4, 0.5) is 5.69 Å². The van der Waals surface area contributed by atoms with Crippen LogP contribution < -0.4 is 4.90 Å². The van der Waals surface area contributed by atoms with Gasteiger partial charge in [0.1, 0.15) is 12.6 Å². The molecule has 36 heavy (non-hydrogen) atoms. The highest BCUT2D eigenvalue weighted by Crippen LogP contribution is 2.61. The van der Waals surface area contributed by atoms with Gasteiger partial charge in [-0.3, -0.25) is 14.4 Å². The number of fused-ring (bicyclic) bond motifs is 2. The van der Waals surface area contributed by atoms with Gasteiger partial charge in [0.2, 0.25) is 5.91 Å². The molecule has 1 N–H and O–H groups in total. The normalized spacial score (nSPS) is 33.0. The lowest BCUT2D eigenvalue weighted by molar-refractivity contribution is -0.152. The molecule has 2 fully saturated rings. The van der Waals surface area contributed by atoms with Crippen molar-refractivity contribution in [3.63, 3.8) is 0 Å². The van der Waals surface area contributed by atoms with Crippen molar-refractivity contribution in [2.75, 3.05) is 24.7 Å². The molecule has 1 aromatic rings. The Kier molecular flexibility index (Phi) is 6.53. The maximum Gasteiger partial charge on any atom is 0.311 e. The van der Waals surface area contributed by atoms with Crippen molar-refractivity contribution < 1.29 is 24.2 Å². The number of carbonyl (C=O) groups excluding carboxylic acids is 3. The number of aryl methyl sites for hydroxylation is 2. The van der Waals surface area contributed by atoms with Gasteiger partial charge in [0, 0.05) is 17.5 Å². The molecule has 7 atom stereocenters. The number of cyclic esters (lactones) is 1. The van der Waals surface area contributed by atoms with E-state index in [0.29, 0.717) is 6.54 Å². The number of nitrogens with zero attached hydrogens (tertiary/aromatic N) is 2. The number of thioether (sulfide) groups is 1. The van der Waals surface area contributed by atoms with Gasteiger partial charge in [-0.05, 0) is 37.0 Å². The predicted molar refractivity (Wildman–Crippen MR) is 140 cm³/mol. The Hall–Kier alpha value is -2.58. The lowest BCUT2D eigenvalue weighted by Crippen LogP contribution is -2.58. The summed E-state index contributed by atoms with van der Waals surface area (Å²) in [6.07, 6.45) is 8.48. The number of hydrogen-bond donors (Lipinski definition) is 1. The SMILES string of the molecule is CC[C@H](C)[C@H](CO)N1C(=O)[C@@H]2[C@H]3C(=O)OCC=C[C@H]3S[C@@]23C=CCN(c2cc(C)ccc2C)C(=O)C13. The molecule has 4 aliphatic heterocycles. The second kappa shape index (κ2) is 9.38. The average Bonchev–Trinajstić information content (AvgIpc) is 3.16. The molecule has 4 heterocycles. The Morgan fingerprint density at radius 3 is 2.69 bits per heavy atom. The van der Waals surface area contributed by atoms with Gasteiger partial charge in [0.05, 0.1) is 29.2 Å². The standard InChI is InChI=1S/C28H34N2O5S/c1-5-17(3)20(15-31)30-24-26(33)29(19-14-16(2)9-10-18(19)4)12-7-11-28(24)23(25(30)32)22-21(36-28)8-6-13-35-27(22)34/h6-11,14,17,20-24,31H,5,12-13,15H2,1-4H3/t17-,20-,21+,22-,23-,24?,28-/m0/s1. The van der Waals surface area contributed by atoms with Gasteiger partial charge >= 0.3 is 5.97 Å². The zero-order chi connectivity index (χ0) is 25.8. The largest absolute Gasteiger partial charge is 0.461 e. The molecule has 0 radical (unpaired) electrons. The fourth-order valence-corrected chi connectivity index (χ4v) is 8.29. The Balaban J connectivity index is 1.68. The van der Waals surface area contributed by atoms with Crippen LogP contribution in [0.3, 0.4) is 0 Å². The number of hydrogen-bond acceptors (Lipinski definition) is 6. The Morgan fingerprint density at radius 2 is 1.97 bits per heavy atom. The van der Waals surface area contributed by atoms with Gasteiger partial charge in [-0.15, -0.1) is 11.8 Å². The molecule has 1 spiro atoms. The summed E-state index contributed by atoms with van der Waals surface area (Å²) in [5, 5.41) is 10.2. The van der Waals surface area contributed by atoms with E-state index in [1.54, 1.807) is 9.80 Å². The van der Waals surface area contributed by atoms with Crippen molar-refractivity contribution in [2.24, 2.45) is 17.8 Å². The van der Waals surface area contributed by atoms with Crippen molar-refractivity contribution >= 4 is 35.2 Å². The summed E-state index contributed by atoms with van der Waals surface area (Å²) >= 11 is 1.52. The zero-order valence-electron chi connectivity index (χ0n) is 21.2. The van der Waals surface area contributed by atoms with Gasteiger partial charge in [0.15, 0.2) is 0 Å². The molecule has 0 bridgehead atoms. The first-order valence-corrected chi connectivity index (χ1v) is 13.6. The quantitative estimate of drug-likeness (QED) is 0.484. The van der Waals surface area contributed by atoms with Gasteiger partial charge in [-0.2, -0.15) is 0 Å². The van der Waals surface area contributed by atoms with Crippen molar-refractivity contribution in [3.05, 3.63) is 53.6 Å². The molecule has 8 heteroatoms. The number of anilines is 1. The summed E-state index contributed by atoms with van der Waals surface area (Å²) in [7, 11) is 0. The minimum Gasteiger partial charge on any atom is -0.461 e. The number of amides is 2. The fourth-order valence-electron chi connectivity index (χ4n) is 6.31. The monoisotopic (exact) mass is 510 g/mol. The highest BCUT2D eigenvalue weighted by atomic mass is 32.2. The van der Waals surface area contributed by atoms with Crippen LogP contribution in [0.5, 0.6) is 0 Å². The van der Waals surface area contributed by atoms with Crippen LogP contribution in [0.2, 0.25) is 0 Å². The van der Waals surface area contributed by atoms with Crippen LogP contribution >= 0.6 is 11.8 Å². The third-order valence-corrected chi connectivity index (χ3v) is 10.1. The summed E-state index contributed by atoms with van der Waals surface area (Å²) in [5.41, 5.74) is 2.84.